The molecule has 0 spiro atoms. The molecule has 4 rings (SSSR count). The average Bonchev–Trinajstić information content (AvgIpc) is 3.25. The summed E-state index contributed by atoms with van der Waals surface area (Å²) in [6.45, 7) is 0.948. The normalized spacial score (nSPS) is 19.3. The number of carboxylic acids is 1. The van der Waals surface area contributed by atoms with Gasteiger partial charge in [0, 0.05) is 23.6 Å². The number of aliphatic carboxylic acids is 1. The van der Waals surface area contributed by atoms with Crippen LogP contribution in [-0.2, 0) is 23.9 Å². The van der Waals surface area contributed by atoms with Gasteiger partial charge in [0.25, 0.3) is 11.8 Å². The van der Waals surface area contributed by atoms with E-state index in [0.29, 0.717) is 10.8 Å². The number of hydrogen-bond acceptors (Lipinski definition) is 10. The molecule has 2 atom stereocenters. The van der Waals surface area contributed by atoms with E-state index in [9.17, 15) is 24.3 Å². The number of amides is 2. The number of β-lactam (4-membered cyclic amide) rings is 1. The van der Waals surface area contributed by atoms with Crippen LogP contribution in [0.5, 0.6) is 0 Å². The first-order valence-corrected chi connectivity index (χ1v) is 12.0. The van der Waals surface area contributed by atoms with Crippen molar-refractivity contribution in [1.29, 1.82) is 0 Å². The third kappa shape index (κ3) is 5.78. The van der Waals surface area contributed by atoms with E-state index in [1.165, 1.54) is 30.0 Å². The number of nitrogens with zero attached hydrogens (tertiary/aromatic N) is 2. The molecule has 2 aliphatic rings. The van der Waals surface area contributed by atoms with Gasteiger partial charge in [-0.1, -0.05) is 30.3 Å². The molecule has 0 bridgehead atoms. The first kappa shape index (κ1) is 27.0. The summed E-state index contributed by atoms with van der Waals surface area (Å²) in [7, 11) is 0. The predicted molar refractivity (Wildman–Crippen MR) is 125 cm³/mol. The maximum absolute atomic E-state index is 13.2. The van der Waals surface area contributed by atoms with E-state index in [1.807, 2.05) is 30.3 Å². The molecule has 2 aliphatic heterocycles. The topological polar surface area (TPSA) is 155 Å². The van der Waals surface area contributed by atoms with Crippen molar-refractivity contribution in [2.75, 3.05) is 18.1 Å². The monoisotopic (exact) mass is 522 g/mol. The summed E-state index contributed by atoms with van der Waals surface area (Å²) in [6.07, 6.45) is 1.64. The van der Waals surface area contributed by atoms with E-state index in [4.69, 9.17) is 10.5 Å². The molecule has 0 saturated carbocycles. The average molecular weight is 523 g/mol. The summed E-state index contributed by atoms with van der Waals surface area (Å²) < 4.78 is 4.90. The molecule has 1 fully saturated rings. The van der Waals surface area contributed by atoms with Gasteiger partial charge in [-0.3, -0.25) is 19.3 Å². The van der Waals surface area contributed by atoms with Crippen molar-refractivity contribution < 1.29 is 58.6 Å². The van der Waals surface area contributed by atoms with Crippen molar-refractivity contribution >= 4 is 63.6 Å². The van der Waals surface area contributed by atoms with E-state index in [-0.39, 0.29) is 58.8 Å². The van der Waals surface area contributed by atoms with Crippen LogP contribution < -0.4 is 45.7 Å². The van der Waals surface area contributed by atoms with E-state index >= 15 is 0 Å². The number of carbonyl (C=O) groups excluding carboxylic acids is 4. The SMILES string of the molecule is CC(=O)OCC1=C(C(=O)[O-])N2C(=O)C(NC(=O)/C(=C\c3ccccc3)c3csc(N)n3)[C@H]2SC1.[Na+]. The Bertz CT molecular complexity index is 1230. The van der Waals surface area contributed by atoms with Crippen molar-refractivity contribution in [2.45, 2.75) is 18.3 Å². The number of nitrogens with one attached hydrogen (secondary N) is 1. The molecule has 10 nitrogen and oxygen atoms in total. The summed E-state index contributed by atoms with van der Waals surface area (Å²) in [5.74, 6) is -3.06. The van der Waals surface area contributed by atoms with Gasteiger partial charge in [-0.05, 0) is 11.6 Å². The number of nitrogens with two attached hydrogens (primary N) is 1. The predicted octanol–water partition coefficient (Wildman–Crippen LogP) is -2.76. The van der Waals surface area contributed by atoms with Crippen LogP contribution in [0.2, 0.25) is 0 Å². The second kappa shape index (κ2) is 11.4. The van der Waals surface area contributed by atoms with Gasteiger partial charge in [0.05, 0.1) is 22.9 Å². The van der Waals surface area contributed by atoms with Crippen LogP contribution in [0.25, 0.3) is 11.6 Å². The fourth-order valence-corrected chi connectivity index (χ4v) is 5.46. The molecular formula is C22H19N4NaO6S2. The Morgan fingerprint density at radius 3 is 2.63 bits per heavy atom. The van der Waals surface area contributed by atoms with E-state index < -0.39 is 35.2 Å². The van der Waals surface area contributed by atoms with Crippen LogP contribution in [0.3, 0.4) is 0 Å². The second-order valence-corrected chi connectivity index (χ2v) is 9.42. The first-order chi connectivity index (χ1) is 16.3. The Kier molecular flexibility index (Phi) is 8.78. The number of ether oxygens (including phenoxy) is 1. The van der Waals surface area contributed by atoms with E-state index in [0.717, 1.165) is 10.5 Å². The number of anilines is 1. The van der Waals surface area contributed by atoms with Crippen molar-refractivity contribution in [3.05, 3.63) is 58.2 Å². The minimum absolute atomic E-state index is 0. The molecule has 1 aromatic heterocycles. The summed E-state index contributed by atoms with van der Waals surface area (Å²) in [5.41, 5.74) is 7.02. The zero-order chi connectivity index (χ0) is 24.4. The van der Waals surface area contributed by atoms with Gasteiger partial charge >= 0.3 is 35.5 Å². The number of rotatable bonds is 7. The Balaban J connectivity index is 0.00000342. The molecule has 2 amide bonds. The van der Waals surface area contributed by atoms with Gasteiger partial charge in [0.15, 0.2) is 5.13 Å². The van der Waals surface area contributed by atoms with Crippen molar-refractivity contribution in [3.63, 3.8) is 0 Å². The number of esters is 1. The number of thiazole rings is 1. The number of aromatic nitrogens is 1. The zero-order valence-electron chi connectivity index (χ0n) is 18.8. The first-order valence-electron chi connectivity index (χ1n) is 10.1. The largest absolute Gasteiger partial charge is 1.00 e. The number of benzene rings is 1. The Morgan fingerprint density at radius 1 is 1.31 bits per heavy atom. The van der Waals surface area contributed by atoms with Crippen molar-refractivity contribution in [3.8, 4) is 0 Å². The molecule has 1 saturated heterocycles. The summed E-state index contributed by atoms with van der Waals surface area (Å²) in [4.78, 5) is 54.2. The van der Waals surface area contributed by atoms with Crippen LogP contribution in [0.15, 0.2) is 47.0 Å². The fraction of sp³-hybridized carbons (Fsp3) is 0.227. The maximum Gasteiger partial charge on any atom is 1.00 e. The zero-order valence-corrected chi connectivity index (χ0v) is 22.5. The van der Waals surface area contributed by atoms with Crippen LogP contribution in [0.1, 0.15) is 18.2 Å². The van der Waals surface area contributed by atoms with Crippen LogP contribution in [-0.4, -0.2) is 57.4 Å². The van der Waals surface area contributed by atoms with Gasteiger partial charge in [-0.2, -0.15) is 0 Å². The molecule has 1 aromatic carbocycles. The van der Waals surface area contributed by atoms with Gasteiger partial charge in [-0.25, -0.2) is 4.98 Å². The number of thioether (sulfide) groups is 1. The molecular weight excluding hydrogens is 503 g/mol. The summed E-state index contributed by atoms with van der Waals surface area (Å²) in [6, 6.07) is 8.18. The van der Waals surface area contributed by atoms with Crippen molar-refractivity contribution in [1.82, 2.24) is 15.2 Å². The van der Waals surface area contributed by atoms with E-state index in [2.05, 4.69) is 10.3 Å². The quantitative estimate of drug-likeness (QED) is 0.170. The van der Waals surface area contributed by atoms with Crippen LogP contribution in [0, 0.1) is 0 Å². The van der Waals surface area contributed by atoms with Gasteiger partial charge < -0.3 is 25.7 Å². The minimum atomic E-state index is -1.55. The smallest absolute Gasteiger partial charge is 0.543 e. The molecule has 176 valence electrons. The summed E-state index contributed by atoms with van der Waals surface area (Å²) >= 11 is 2.44. The fourth-order valence-electron chi connectivity index (χ4n) is 3.57. The Labute approximate surface area is 230 Å². The maximum atomic E-state index is 13.2. The Morgan fingerprint density at radius 2 is 2.03 bits per heavy atom. The van der Waals surface area contributed by atoms with Crippen molar-refractivity contribution in [2.24, 2.45) is 0 Å². The molecule has 3 heterocycles. The van der Waals surface area contributed by atoms with Crippen LogP contribution >= 0.6 is 23.1 Å². The molecule has 1 unspecified atom stereocenters. The number of fused-ring (bicyclic) bond motifs is 1. The Hall–Kier alpha value is -2.64. The van der Waals surface area contributed by atoms with Gasteiger partial charge in [0.2, 0.25) is 0 Å². The van der Waals surface area contributed by atoms with Gasteiger partial charge in [-0.15, -0.1) is 23.1 Å². The standard InChI is InChI=1S/C22H20N4O6S2.Na/c1-11(27)32-8-13-9-33-20-16(19(29)26(20)17(13)21(30)31)25-18(28)14(15-10-34-22(23)24-15)7-12-5-3-2-4-6-12;/h2-7,10,16,20H,8-9H2,1H3,(H2,23,24)(H,25,28)(H,30,31);/q;+1/p-1/b14-7-;/t16?,20-;/m1./s1. The third-order valence-corrected chi connectivity index (χ3v) is 7.14. The number of hydrogen-bond donors (Lipinski definition) is 2. The third-order valence-electron chi connectivity index (χ3n) is 5.13. The van der Waals surface area contributed by atoms with Gasteiger partial charge in [0.1, 0.15) is 18.0 Å². The summed E-state index contributed by atoms with van der Waals surface area (Å²) in [5, 5.41) is 15.7. The second-order valence-electron chi connectivity index (χ2n) is 7.42. The van der Waals surface area contributed by atoms with E-state index in [1.54, 1.807) is 11.5 Å². The molecule has 0 radical (unpaired) electrons. The van der Waals surface area contributed by atoms with Crippen LogP contribution in [0.4, 0.5) is 5.13 Å². The molecule has 13 heteroatoms. The molecule has 35 heavy (non-hydrogen) atoms. The number of nitrogen functional groups attached to an aromatic ring is 1. The minimum Gasteiger partial charge on any atom is -0.543 e. The molecule has 0 aliphatic carbocycles. The molecule has 3 N–H and O–H groups in total. The number of carboxylic acid groups (broad SMARTS) is 1. The molecule has 2 aromatic rings. The number of carbonyl (C=O) groups is 4.